The summed E-state index contributed by atoms with van der Waals surface area (Å²) >= 11 is 0. The Morgan fingerprint density at radius 2 is 2.03 bits per heavy atom. The van der Waals surface area contributed by atoms with Gasteiger partial charge in [-0.15, -0.1) is 0 Å². The number of carbonyl (C=O) groups is 2. The van der Waals surface area contributed by atoms with Gasteiger partial charge in [0.2, 0.25) is 11.8 Å². The number of ether oxygens (including phenoxy) is 1. The third-order valence-corrected chi connectivity index (χ3v) is 5.68. The molecule has 3 rings (SSSR count). The zero-order valence-electron chi connectivity index (χ0n) is 18.4. The molecule has 1 aromatic carbocycles. The Kier molecular flexibility index (Phi) is 7.11. The second-order valence-electron chi connectivity index (χ2n) is 8.40. The zero-order valence-corrected chi connectivity index (χ0v) is 18.4. The van der Waals surface area contributed by atoms with Crippen molar-refractivity contribution in [3.63, 3.8) is 0 Å². The van der Waals surface area contributed by atoms with E-state index < -0.39 is 35.2 Å². The van der Waals surface area contributed by atoms with Crippen molar-refractivity contribution >= 4 is 17.6 Å². The van der Waals surface area contributed by atoms with E-state index in [2.05, 4.69) is 15.8 Å². The topological polar surface area (TPSA) is 93.5 Å². The van der Waals surface area contributed by atoms with E-state index in [1.807, 2.05) is 0 Å². The molecule has 33 heavy (non-hydrogen) atoms. The first-order chi connectivity index (χ1) is 15.4. The third kappa shape index (κ3) is 5.52. The van der Waals surface area contributed by atoms with E-state index in [1.54, 1.807) is 13.0 Å². The van der Waals surface area contributed by atoms with Crippen molar-refractivity contribution in [1.82, 2.24) is 10.5 Å². The Morgan fingerprint density at radius 3 is 2.67 bits per heavy atom. The number of halogens is 4. The first-order valence-electron chi connectivity index (χ1n) is 10.4. The minimum absolute atomic E-state index is 0.108. The Bertz CT molecular complexity index is 1020. The van der Waals surface area contributed by atoms with Crippen molar-refractivity contribution in [3.05, 3.63) is 47.0 Å². The van der Waals surface area contributed by atoms with Crippen LogP contribution >= 0.6 is 0 Å². The van der Waals surface area contributed by atoms with Gasteiger partial charge in [0.1, 0.15) is 17.3 Å². The third-order valence-electron chi connectivity index (χ3n) is 5.68. The fraction of sp³-hybridized carbons (Fsp3) is 0.500. The van der Waals surface area contributed by atoms with E-state index in [-0.39, 0.29) is 29.6 Å². The average molecular weight is 471 g/mol. The number of nitrogens with one attached hydrogen (secondary N) is 2. The highest BCUT2D eigenvalue weighted by atomic mass is 19.4. The molecule has 2 aromatic rings. The summed E-state index contributed by atoms with van der Waals surface area (Å²) in [6.07, 6.45) is -5.10. The lowest BCUT2D eigenvalue weighted by atomic mass is 9.89. The molecule has 180 valence electrons. The largest absolute Gasteiger partial charge is 0.401 e. The number of anilines is 1. The minimum Gasteiger partial charge on any atom is -0.369 e. The number of hydrogen-bond donors (Lipinski definition) is 2. The smallest absolute Gasteiger partial charge is 0.369 e. The Balaban J connectivity index is 1.64. The molecule has 7 nitrogen and oxygen atoms in total. The molecular formula is C22H25F4N3O4. The molecule has 0 radical (unpaired) electrons. The summed E-state index contributed by atoms with van der Waals surface area (Å²) < 4.78 is 64.2. The lowest BCUT2D eigenvalue weighted by Gasteiger charge is -2.29. The van der Waals surface area contributed by atoms with Gasteiger partial charge in [-0.1, -0.05) is 17.3 Å². The number of rotatable bonds is 7. The van der Waals surface area contributed by atoms with Gasteiger partial charge in [-0.05, 0) is 44.4 Å². The van der Waals surface area contributed by atoms with Gasteiger partial charge >= 0.3 is 6.18 Å². The number of carbonyl (C=O) groups excluding carboxylic acids is 2. The summed E-state index contributed by atoms with van der Waals surface area (Å²) in [4.78, 5) is 24.1. The highest BCUT2D eigenvalue weighted by Gasteiger charge is 2.51. The highest BCUT2D eigenvalue weighted by Crippen LogP contribution is 2.41. The molecule has 2 N–H and O–H groups in total. The molecule has 2 heterocycles. The van der Waals surface area contributed by atoms with Crippen LogP contribution in [0.5, 0.6) is 0 Å². The van der Waals surface area contributed by atoms with Crippen molar-refractivity contribution in [1.29, 1.82) is 0 Å². The molecule has 1 aromatic heterocycles. The Hall–Kier alpha value is -2.95. The van der Waals surface area contributed by atoms with E-state index in [0.29, 0.717) is 25.1 Å². The van der Waals surface area contributed by atoms with Crippen molar-refractivity contribution in [2.45, 2.75) is 57.2 Å². The van der Waals surface area contributed by atoms with E-state index >= 15 is 0 Å². The monoisotopic (exact) mass is 471 g/mol. The number of alkyl halides is 3. The first-order valence-corrected chi connectivity index (χ1v) is 10.4. The van der Waals surface area contributed by atoms with Crippen LogP contribution in [0.15, 0.2) is 28.8 Å². The van der Waals surface area contributed by atoms with E-state index in [9.17, 15) is 27.2 Å². The highest BCUT2D eigenvalue weighted by molar-refractivity contribution is 5.91. The Labute approximate surface area is 187 Å². The summed E-state index contributed by atoms with van der Waals surface area (Å²) in [5.74, 6) is -2.24. The average Bonchev–Trinajstić information content (AvgIpc) is 3.19. The molecule has 1 saturated heterocycles. The molecule has 1 aliphatic heterocycles. The van der Waals surface area contributed by atoms with Gasteiger partial charge in [-0.3, -0.25) is 9.59 Å². The predicted molar refractivity (Wildman–Crippen MR) is 110 cm³/mol. The van der Waals surface area contributed by atoms with Crippen molar-refractivity contribution in [2.24, 2.45) is 0 Å². The fourth-order valence-electron chi connectivity index (χ4n) is 3.47. The van der Waals surface area contributed by atoms with Gasteiger partial charge in [-0.25, -0.2) is 4.39 Å². The van der Waals surface area contributed by atoms with Crippen LogP contribution in [-0.2, 0) is 26.2 Å². The lowest BCUT2D eigenvalue weighted by Crippen LogP contribution is -2.45. The molecule has 1 fully saturated rings. The van der Waals surface area contributed by atoms with Gasteiger partial charge in [0.15, 0.2) is 11.6 Å². The number of amides is 2. The lowest BCUT2D eigenvalue weighted by molar-refractivity contribution is -0.185. The standard InChI is InChI=1S/C22H25F4N3O4/c1-4-32-16-8-14(11-27-20(16)31)12-5-6-13(15(23)7-12)9-19(30)28-18-10-17(33-29-18)21(2,3)22(24,25)26/h5-7,10,14,16H,4,8-9,11H2,1-3H3,(H,27,31)(H,28,29,30). The quantitative estimate of drug-likeness (QED) is 0.599. The van der Waals surface area contributed by atoms with Crippen LogP contribution in [0.25, 0.3) is 0 Å². The molecule has 1 aliphatic rings. The maximum Gasteiger partial charge on any atom is 0.401 e. The SMILES string of the molecule is CCOC1CC(c2ccc(CC(=O)Nc3cc(C(C)(C)C(F)(F)F)on3)c(F)c2)CNC1=O. The normalized spacial score (nSPS) is 19.3. The van der Waals surface area contributed by atoms with Crippen LogP contribution in [0.1, 0.15) is 50.0 Å². The van der Waals surface area contributed by atoms with Crippen LogP contribution in [0.3, 0.4) is 0 Å². The van der Waals surface area contributed by atoms with Crippen LogP contribution < -0.4 is 10.6 Å². The maximum atomic E-state index is 14.7. The van der Waals surface area contributed by atoms with Crippen LogP contribution in [0.4, 0.5) is 23.4 Å². The maximum absolute atomic E-state index is 14.7. The van der Waals surface area contributed by atoms with Crippen molar-refractivity contribution < 1.29 is 36.4 Å². The van der Waals surface area contributed by atoms with Gasteiger partial charge in [0, 0.05) is 25.1 Å². The van der Waals surface area contributed by atoms with Crippen LogP contribution in [0.2, 0.25) is 0 Å². The first kappa shape index (κ1) is 24.7. The van der Waals surface area contributed by atoms with E-state index in [1.165, 1.54) is 12.1 Å². The molecule has 2 unspecified atom stereocenters. The molecule has 0 aliphatic carbocycles. The minimum atomic E-state index is -4.57. The van der Waals surface area contributed by atoms with Crippen LogP contribution in [-0.4, -0.2) is 42.4 Å². The fourth-order valence-corrected chi connectivity index (χ4v) is 3.47. The number of hydrogen-bond acceptors (Lipinski definition) is 5. The summed E-state index contributed by atoms with van der Waals surface area (Å²) in [6.45, 7) is 4.39. The molecular weight excluding hydrogens is 446 g/mol. The summed E-state index contributed by atoms with van der Waals surface area (Å²) in [7, 11) is 0. The van der Waals surface area contributed by atoms with Gasteiger partial charge in [0.05, 0.1) is 6.42 Å². The summed E-state index contributed by atoms with van der Waals surface area (Å²) in [6, 6.07) is 5.46. The van der Waals surface area contributed by atoms with Crippen molar-refractivity contribution in [2.75, 3.05) is 18.5 Å². The number of aromatic nitrogens is 1. The number of nitrogens with zero attached hydrogens (tertiary/aromatic N) is 1. The van der Waals surface area contributed by atoms with E-state index in [4.69, 9.17) is 9.26 Å². The Morgan fingerprint density at radius 1 is 1.30 bits per heavy atom. The van der Waals surface area contributed by atoms with Gasteiger partial charge in [-0.2, -0.15) is 13.2 Å². The summed E-state index contributed by atoms with van der Waals surface area (Å²) in [5, 5.41) is 8.52. The molecule has 2 atom stereocenters. The van der Waals surface area contributed by atoms with E-state index in [0.717, 1.165) is 19.9 Å². The van der Waals surface area contributed by atoms with Gasteiger partial charge in [0.25, 0.3) is 0 Å². The molecule has 0 spiro atoms. The number of piperidine rings is 1. The molecule has 0 bridgehead atoms. The second-order valence-corrected chi connectivity index (χ2v) is 8.40. The zero-order chi connectivity index (χ0) is 24.4. The van der Waals surface area contributed by atoms with Gasteiger partial charge < -0.3 is 19.9 Å². The summed E-state index contributed by atoms with van der Waals surface area (Å²) in [5.41, 5.74) is -1.52. The van der Waals surface area contributed by atoms with Crippen LogP contribution in [0, 0.1) is 5.82 Å². The molecule has 11 heteroatoms. The van der Waals surface area contributed by atoms with Crippen molar-refractivity contribution in [3.8, 4) is 0 Å². The molecule has 2 amide bonds. The molecule has 0 saturated carbocycles. The predicted octanol–water partition coefficient (Wildman–Crippen LogP) is 3.84. The number of benzene rings is 1. The second kappa shape index (κ2) is 9.50.